The fraction of sp³-hybridized carbons (Fsp3) is 0.579. The molecule has 0 aliphatic rings. The number of nitrogens with zero attached hydrogens (tertiary/aromatic N) is 2. The summed E-state index contributed by atoms with van der Waals surface area (Å²) in [6.45, 7) is 5.59. The first kappa shape index (κ1) is 21.8. The van der Waals surface area contributed by atoms with Crippen molar-refractivity contribution in [2.45, 2.75) is 45.6 Å². The third-order valence-electron chi connectivity index (χ3n) is 4.08. The lowest BCUT2D eigenvalue weighted by atomic mass is 9.89. The van der Waals surface area contributed by atoms with Crippen LogP contribution < -0.4 is 5.32 Å². The van der Waals surface area contributed by atoms with Gasteiger partial charge >= 0.3 is 0 Å². The third kappa shape index (κ3) is 8.13. The summed E-state index contributed by atoms with van der Waals surface area (Å²) >= 11 is 7.60. The van der Waals surface area contributed by atoms with Crippen LogP contribution in [0, 0.1) is 17.4 Å². The fourth-order valence-electron chi connectivity index (χ4n) is 2.77. The number of benzene rings is 1. The summed E-state index contributed by atoms with van der Waals surface area (Å²) < 4.78 is 6.24. The first-order valence-electron chi connectivity index (χ1n) is 8.77. The number of nitrogens with one attached hydrogen (secondary N) is 1. The molecule has 0 amide bonds. The zero-order valence-electron chi connectivity index (χ0n) is 15.3. The minimum atomic E-state index is 0.0303. The molecule has 25 heavy (non-hydrogen) atoms. The van der Waals surface area contributed by atoms with Crippen LogP contribution in [0.2, 0.25) is 5.02 Å². The van der Waals surface area contributed by atoms with Crippen molar-refractivity contribution in [3.63, 3.8) is 0 Å². The molecule has 0 aromatic heterocycles. The van der Waals surface area contributed by atoms with E-state index >= 15 is 0 Å². The molecule has 1 rings (SSSR count). The van der Waals surface area contributed by atoms with E-state index in [1.54, 1.807) is 6.19 Å². The molecule has 0 unspecified atom stereocenters. The highest BCUT2D eigenvalue weighted by Crippen LogP contribution is 2.33. The van der Waals surface area contributed by atoms with Crippen LogP contribution in [0.5, 0.6) is 0 Å². The summed E-state index contributed by atoms with van der Waals surface area (Å²) in [7, 11) is 0. The molecule has 2 atom stereocenters. The Bertz CT molecular complexity index is 574. The van der Waals surface area contributed by atoms with Crippen molar-refractivity contribution in [2.75, 3.05) is 19.4 Å². The van der Waals surface area contributed by atoms with Crippen molar-refractivity contribution in [1.29, 1.82) is 5.26 Å². The topological polar surface area (TPSA) is 57.4 Å². The van der Waals surface area contributed by atoms with Crippen molar-refractivity contribution >= 4 is 28.5 Å². The Kier molecular flexibility index (Phi) is 11.4. The monoisotopic (exact) mass is 381 g/mol. The van der Waals surface area contributed by atoms with E-state index in [0.29, 0.717) is 24.2 Å². The van der Waals surface area contributed by atoms with Crippen LogP contribution in [0.25, 0.3) is 0 Å². The average molecular weight is 382 g/mol. The Morgan fingerprint density at radius 2 is 2.24 bits per heavy atom. The van der Waals surface area contributed by atoms with Crippen LogP contribution >= 0.6 is 23.4 Å². The van der Waals surface area contributed by atoms with E-state index in [1.807, 2.05) is 24.5 Å². The van der Waals surface area contributed by atoms with E-state index < -0.39 is 0 Å². The number of unbranched alkanes of at least 4 members (excludes halogenated alkanes) is 1. The van der Waals surface area contributed by atoms with E-state index in [1.165, 1.54) is 24.6 Å². The maximum atomic E-state index is 8.64. The number of aliphatic imine (C=N–C) groups is 1. The molecule has 0 aliphatic heterocycles. The van der Waals surface area contributed by atoms with Gasteiger partial charge < -0.3 is 10.1 Å². The molecule has 0 bridgehead atoms. The first-order chi connectivity index (χ1) is 12.2. The van der Waals surface area contributed by atoms with Crippen LogP contribution in [0.1, 0.15) is 51.2 Å². The Morgan fingerprint density at radius 3 is 2.84 bits per heavy atom. The lowest BCUT2D eigenvalue weighted by Gasteiger charge is -2.27. The summed E-state index contributed by atoms with van der Waals surface area (Å²) in [4.78, 5) is 3.72. The minimum absolute atomic E-state index is 0.0303. The summed E-state index contributed by atoms with van der Waals surface area (Å²) in [6.07, 6.45) is 8.30. The predicted octanol–water partition coefficient (Wildman–Crippen LogP) is 5.40. The van der Waals surface area contributed by atoms with Crippen LogP contribution in [0.15, 0.2) is 29.3 Å². The summed E-state index contributed by atoms with van der Waals surface area (Å²) in [5.41, 5.74) is 1.13. The second-order valence-electron chi connectivity index (χ2n) is 5.80. The number of hydrogen-bond donors (Lipinski definition) is 1. The van der Waals surface area contributed by atoms with Gasteiger partial charge in [-0.25, -0.2) is 0 Å². The number of amidine groups is 1. The van der Waals surface area contributed by atoms with Crippen molar-refractivity contribution in [3.05, 3.63) is 34.9 Å². The highest BCUT2D eigenvalue weighted by atomic mass is 35.5. The molecule has 0 saturated heterocycles. The number of nitriles is 1. The molecule has 0 radical (unpaired) electrons. The van der Waals surface area contributed by atoms with Crippen LogP contribution in [-0.2, 0) is 4.74 Å². The molecule has 1 aromatic carbocycles. The van der Waals surface area contributed by atoms with Crippen molar-refractivity contribution < 1.29 is 4.74 Å². The summed E-state index contributed by atoms with van der Waals surface area (Å²) in [5.74, 6) is 0.464. The second-order valence-corrected chi connectivity index (χ2v) is 7.04. The van der Waals surface area contributed by atoms with E-state index in [9.17, 15) is 0 Å². The minimum Gasteiger partial charge on any atom is -0.371 e. The molecular weight excluding hydrogens is 354 g/mol. The smallest absolute Gasteiger partial charge is 0.208 e. The SMILES string of the molecule is CCCC[C@H](CC)[C@@H](OCCN/C(=N\C#N)SC)c1cccc(Cl)c1. The fourth-order valence-corrected chi connectivity index (χ4v) is 3.35. The lowest BCUT2D eigenvalue weighted by molar-refractivity contribution is 0.00874. The van der Waals surface area contributed by atoms with Crippen molar-refractivity contribution in [1.82, 2.24) is 5.32 Å². The highest BCUT2D eigenvalue weighted by molar-refractivity contribution is 8.13. The maximum Gasteiger partial charge on any atom is 0.208 e. The zero-order valence-corrected chi connectivity index (χ0v) is 16.9. The molecule has 0 aliphatic carbocycles. The van der Waals surface area contributed by atoms with Gasteiger partial charge in [0.05, 0.1) is 12.7 Å². The van der Waals surface area contributed by atoms with Crippen molar-refractivity contribution in [3.8, 4) is 6.19 Å². The van der Waals surface area contributed by atoms with Gasteiger partial charge in [-0.2, -0.15) is 5.26 Å². The van der Waals surface area contributed by atoms with E-state index in [0.717, 1.165) is 23.4 Å². The van der Waals surface area contributed by atoms with E-state index in [2.05, 4.69) is 30.2 Å². The van der Waals surface area contributed by atoms with Gasteiger partial charge in [0.1, 0.15) is 0 Å². The van der Waals surface area contributed by atoms with Gasteiger partial charge in [0.15, 0.2) is 5.17 Å². The molecule has 0 heterocycles. The number of hydrogen-bond acceptors (Lipinski definition) is 4. The normalized spacial score (nSPS) is 14.0. The Balaban J connectivity index is 2.74. The van der Waals surface area contributed by atoms with Crippen LogP contribution in [0.3, 0.4) is 0 Å². The molecule has 4 nitrogen and oxygen atoms in total. The molecule has 1 N–H and O–H groups in total. The molecule has 6 heteroatoms. The molecule has 0 spiro atoms. The van der Waals surface area contributed by atoms with Gasteiger partial charge in [-0.3, -0.25) is 0 Å². The van der Waals surface area contributed by atoms with Crippen LogP contribution in [0.4, 0.5) is 0 Å². The molecule has 1 aromatic rings. The number of thioether (sulfide) groups is 1. The second kappa shape index (κ2) is 13.0. The summed E-state index contributed by atoms with van der Waals surface area (Å²) in [5, 5.41) is 13.1. The van der Waals surface area contributed by atoms with Crippen LogP contribution in [-0.4, -0.2) is 24.6 Å². The van der Waals surface area contributed by atoms with Crippen molar-refractivity contribution in [2.24, 2.45) is 10.9 Å². The summed E-state index contributed by atoms with van der Waals surface area (Å²) in [6, 6.07) is 7.95. The number of ether oxygens (including phenoxy) is 1. The van der Waals surface area contributed by atoms with Gasteiger partial charge in [0, 0.05) is 11.6 Å². The van der Waals surface area contributed by atoms with Gasteiger partial charge in [-0.05, 0) is 36.3 Å². The quantitative estimate of drug-likeness (QED) is 0.255. The third-order valence-corrected chi connectivity index (χ3v) is 4.94. The van der Waals surface area contributed by atoms with E-state index in [4.69, 9.17) is 21.6 Å². The molecular formula is C19H28ClN3OS. The lowest BCUT2D eigenvalue weighted by Crippen LogP contribution is -2.26. The first-order valence-corrected chi connectivity index (χ1v) is 10.4. The highest BCUT2D eigenvalue weighted by Gasteiger charge is 2.22. The molecule has 0 saturated carbocycles. The Morgan fingerprint density at radius 1 is 1.44 bits per heavy atom. The molecule has 0 fully saturated rings. The van der Waals surface area contributed by atoms with Gasteiger partial charge in [-0.1, -0.05) is 68.6 Å². The predicted molar refractivity (Wildman–Crippen MR) is 108 cm³/mol. The van der Waals surface area contributed by atoms with Gasteiger partial charge in [0.2, 0.25) is 6.19 Å². The van der Waals surface area contributed by atoms with Gasteiger partial charge in [0.25, 0.3) is 0 Å². The van der Waals surface area contributed by atoms with Gasteiger partial charge in [-0.15, -0.1) is 4.99 Å². The molecule has 138 valence electrons. The largest absolute Gasteiger partial charge is 0.371 e. The maximum absolute atomic E-state index is 8.64. The Labute approximate surface area is 161 Å². The average Bonchev–Trinajstić information content (AvgIpc) is 2.62. The zero-order chi connectivity index (χ0) is 18.5. The number of halogens is 1. The number of rotatable bonds is 10. The standard InChI is InChI=1S/C19H28ClN3OS/c1-4-6-8-15(5-2)18(16-9-7-10-17(20)13-16)24-12-11-22-19(25-3)23-14-21/h7,9-10,13,15,18H,4-6,8,11-12H2,1-3H3,(H,22,23)/t15-,18+/m0/s1. The Hall–Kier alpha value is -1.22. The van der Waals surface area contributed by atoms with E-state index in [-0.39, 0.29) is 6.10 Å².